The summed E-state index contributed by atoms with van der Waals surface area (Å²) in [5.74, 6) is 0.206. The Morgan fingerprint density at radius 2 is 1.50 bits per heavy atom. The molecule has 0 amide bonds. The Morgan fingerprint density at radius 3 is 1.86 bits per heavy atom. The number of hydrogen-bond donors (Lipinski definition) is 0. The van der Waals surface area contributed by atoms with E-state index in [4.69, 9.17) is 0 Å². The second-order valence-corrected chi connectivity index (χ2v) is 3.83. The molecule has 74 valence electrons. The number of rotatable bonds is 4. The summed E-state index contributed by atoms with van der Waals surface area (Å²) >= 11 is 0. The molecule has 0 N–H and O–H groups in total. The molecule has 0 aromatic heterocycles. The SMILES string of the molecule is C=C(C)Cc1ccc(CC(C)=O)cc1. The highest BCUT2D eigenvalue weighted by molar-refractivity contribution is 5.78. The lowest BCUT2D eigenvalue weighted by atomic mass is 10.0. The van der Waals surface area contributed by atoms with Gasteiger partial charge in [-0.1, -0.05) is 36.4 Å². The molecule has 0 atom stereocenters. The zero-order valence-corrected chi connectivity index (χ0v) is 8.84. The van der Waals surface area contributed by atoms with Crippen molar-refractivity contribution >= 4 is 5.78 Å². The molecular weight excluding hydrogens is 172 g/mol. The fourth-order valence-electron chi connectivity index (χ4n) is 1.41. The summed E-state index contributed by atoms with van der Waals surface area (Å²) < 4.78 is 0. The van der Waals surface area contributed by atoms with Crippen LogP contribution in [0.1, 0.15) is 25.0 Å². The van der Waals surface area contributed by atoms with E-state index in [9.17, 15) is 4.79 Å². The Labute approximate surface area is 85.5 Å². The molecule has 0 saturated heterocycles. The number of allylic oxidation sites excluding steroid dienone is 1. The van der Waals surface area contributed by atoms with Crippen molar-refractivity contribution in [2.45, 2.75) is 26.7 Å². The van der Waals surface area contributed by atoms with E-state index in [-0.39, 0.29) is 5.78 Å². The van der Waals surface area contributed by atoms with Gasteiger partial charge >= 0.3 is 0 Å². The highest BCUT2D eigenvalue weighted by atomic mass is 16.1. The summed E-state index contributed by atoms with van der Waals surface area (Å²) in [7, 11) is 0. The number of Topliss-reactive ketones (excluding diaryl/α,β-unsaturated/α-hetero) is 1. The smallest absolute Gasteiger partial charge is 0.134 e. The van der Waals surface area contributed by atoms with Crippen LogP contribution in [0.3, 0.4) is 0 Å². The molecule has 1 aromatic carbocycles. The first kappa shape index (κ1) is 10.7. The molecule has 1 nitrogen and oxygen atoms in total. The zero-order valence-electron chi connectivity index (χ0n) is 8.84. The number of carbonyl (C=O) groups is 1. The highest BCUT2D eigenvalue weighted by Crippen LogP contribution is 2.09. The first-order valence-electron chi connectivity index (χ1n) is 4.79. The maximum Gasteiger partial charge on any atom is 0.134 e. The topological polar surface area (TPSA) is 17.1 Å². The quantitative estimate of drug-likeness (QED) is 0.664. The molecule has 1 aromatic rings. The van der Waals surface area contributed by atoms with Crippen LogP contribution in [0.25, 0.3) is 0 Å². The van der Waals surface area contributed by atoms with Crippen molar-refractivity contribution in [3.63, 3.8) is 0 Å². The van der Waals surface area contributed by atoms with E-state index < -0.39 is 0 Å². The summed E-state index contributed by atoms with van der Waals surface area (Å²) in [6.07, 6.45) is 1.45. The predicted molar refractivity (Wildman–Crippen MR) is 59.3 cm³/mol. The monoisotopic (exact) mass is 188 g/mol. The predicted octanol–water partition coefficient (Wildman–Crippen LogP) is 2.94. The molecule has 0 radical (unpaired) electrons. The maximum absolute atomic E-state index is 10.9. The van der Waals surface area contributed by atoms with Gasteiger partial charge in [-0.25, -0.2) is 0 Å². The summed E-state index contributed by atoms with van der Waals surface area (Å²) in [6.45, 7) is 7.50. The Morgan fingerprint density at radius 1 is 1.07 bits per heavy atom. The largest absolute Gasteiger partial charge is 0.300 e. The summed E-state index contributed by atoms with van der Waals surface area (Å²) in [5, 5.41) is 0. The van der Waals surface area contributed by atoms with Crippen LogP contribution in [0.2, 0.25) is 0 Å². The molecule has 0 fully saturated rings. The van der Waals surface area contributed by atoms with Crippen molar-refractivity contribution in [2.75, 3.05) is 0 Å². The van der Waals surface area contributed by atoms with Crippen LogP contribution in [-0.4, -0.2) is 5.78 Å². The van der Waals surface area contributed by atoms with Gasteiger partial charge in [0.05, 0.1) is 0 Å². The maximum atomic E-state index is 10.9. The van der Waals surface area contributed by atoms with Gasteiger partial charge in [0.2, 0.25) is 0 Å². The average molecular weight is 188 g/mol. The lowest BCUT2D eigenvalue weighted by Crippen LogP contribution is -1.96. The third-order valence-corrected chi connectivity index (χ3v) is 1.98. The minimum absolute atomic E-state index is 0.206. The Hall–Kier alpha value is -1.37. The molecule has 14 heavy (non-hydrogen) atoms. The van der Waals surface area contributed by atoms with E-state index in [1.807, 2.05) is 19.1 Å². The van der Waals surface area contributed by atoms with Crippen molar-refractivity contribution in [1.82, 2.24) is 0 Å². The first-order chi connectivity index (χ1) is 6.58. The third-order valence-electron chi connectivity index (χ3n) is 1.98. The van der Waals surface area contributed by atoms with Gasteiger partial charge in [-0.3, -0.25) is 4.79 Å². The van der Waals surface area contributed by atoms with Gasteiger partial charge in [0.1, 0.15) is 5.78 Å². The van der Waals surface area contributed by atoms with E-state index in [0.717, 1.165) is 17.6 Å². The standard InChI is InChI=1S/C13H16O/c1-10(2)8-12-4-6-13(7-5-12)9-11(3)14/h4-7H,1,8-9H2,2-3H3. The van der Waals surface area contributed by atoms with Gasteiger partial charge in [-0.15, -0.1) is 0 Å². The van der Waals surface area contributed by atoms with Crippen molar-refractivity contribution in [3.05, 3.63) is 47.5 Å². The highest BCUT2D eigenvalue weighted by Gasteiger charge is 1.98. The van der Waals surface area contributed by atoms with Gasteiger partial charge in [0.15, 0.2) is 0 Å². The first-order valence-corrected chi connectivity index (χ1v) is 4.79. The molecule has 0 spiro atoms. The third kappa shape index (κ3) is 3.56. The van der Waals surface area contributed by atoms with Crippen molar-refractivity contribution in [1.29, 1.82) is 0 Å². The molecule has 0 aliphatic rings. The van der Waals surface area contributed by atoms with Gasteiger partial charge in [0, 0.05) is 6.42 Å². The number of hydrogen-bond acceptors (Lipinski definition) is 1. The minimum atomic E-state index is 0.206. The number of ketones is 1. The summed E-state index contributed by atoms with van der Waals surface area (Å²) in [5.41, 5.74) is 3.50. The van der Waals surface area contributed by atoms with Gasteiger partial charge in [-0.2, -0.15) is 0 Å². The van der Waals surface area contributed by atoms with Crippen LogP contribution in [0.15, 0.2) is 36.4 Å². The van der Waals surface area contributed by atoms with Crippen LogP contribution < -0.4 is 0 Å². The Bertz CT molecular complexity index is 298. The second kappa shape index (κ2) is 4.75. The summed E-state index contributed by atoms with van der Waals surface area (Å²) in [4.78, 5) is 10.9. The molecule has 0 bridgehead atoms. The fraction of sp³-hybridized carbons (Fsp3) is 0.308. The van der Waals surface area contributed by atoms with Crippen LogP contribution in [0.4, 0.5) is 0 Å². The van der Waals surface area contributed by atoms with Gasteiger partial charge in [-0.05, 0) is 31.4 Å². The van der Waals surface area contributed by atoms with Gasteiger partial charge in [0.25, 0.3) is 0 Å². The molecule has 0 saturated carbocycles. The lowest BCUT2D eigenvalue weighted by molar-refractivity contribution is -0.116. The number of benzene rings is 1. The molecule has 0 aliphatic heterocycles. The van der Waals surface area contributed by atoms with E-state index in [0.29, 0.717) is 6.42 Å². The Kier molecular flexibility index (Phi) is 3.63. The van der Waals surface area contributed by atoms with Crippen molar-refractivity contribution in [2.24, 2.45) is 0 Å². The van der Waals surface area contributed by atoms with E-state index >= 15 is 0 Å². The van der Waals surface area contributed by atoms with Crippen LogP contribution in [0, 0.1) is 0 Å². The lowest BCUT2D eigenvalue weighted by Gasteiger charge is -2.02. The molecular formula is C13H16O. The van der Waals surface area contributed by atoms with E-state index in [2.05, 4.69) is 18.7 Å². The minimum Gasteiger partial charge on any atom is -0.300 e. The van der Waals surface area contributed by atoms with Crippen LogP contribution in [0.5, 0.6) is 0 Å². The second-order valence-electron chi connectivity index (χ2n) is 3.83. The molecule has 0 aliphatic carbocycles. The molecule has 0 unspecified atom stereocenters. The van der Waals surface area contributed by atoms with Gasteiger partial charge < -0.3 is 0 Å². The van der Waals surface area contributed by atoms with Crippen LogP contribution >= 0.6 is 0 Å². The van der Waals surface area contributed by atoms with E-state index in [1.165, 1.54) is 5.56 Å². The van der Waals surface area contributed by atoms with Crippen molar-refractivity contribution in [3.8, 4) is 0 Å². The zero-order chi connectivity index (χ0) is 10.6. The summed E-state index contributed by atoms with van der Waals surface area (Å²) in [6, 6.07) is 8.15. The molecule has 1 heteroatoms. The number of carbonyl (C=O) groups excluding carboxylic acids is 1. The molecule has 0 heterocycles. The van der Waals surface area contributed by atoms with Crippen molar-refractivity contribution < 1.29 is 4.79 Å². The Balaban J connectivity index is 2.68. The molecule has 1 rings (SSSR count). The fourth-order valence-corrected chi connectivity index (χ4v) is 1.41. The normalized spacial score (nSPS) is 9.86. The van der Waals surface area contributed by atoms with E-state index in [1.54, 1.807) is 6.92 Å². The average Bonchev–Trinajstić information content (AvgIpc) is 2.06. The van der Waals surface area contributed by atoms with Crippen LogP contribution in [-0.2, 0) is 17.6 Å².